The lowest BCUT2D eigenvalue weighted by atomic mass is 9.83. The second-order valence-corrected chi connectivity index (χ2v) is 4.37. The molecule has 0 fully saturated rings. The Bertz CT molecular complexity index is 323. The minimum absolute atomic E-state index is 0.327. The maximum Gasteiger partial charge on any atom is 0.119 e. The van der Waals surface area contributed by atoms with Crippen LogP contribution < -0.4 is 10.5 Å². The zero-order chi connectivity index (χ0) is 11.5. The van der Waals surface area contributed by atoms with Gasteiger partial charge in [0.2, 0.25) is 0 Å². The first kappa shape index (κ1) is 12.0. The topological polar surface area (TPSA) is 55.5 Å². The molecule has 3 nitrogen and oxygen atoms in total. The highest BCUT2D eigenvalue weighted by atomic mass is 16.5. The van der Waals surface area contributed by atoms with Gasteiger partial charge in [-0.1, -0.05) is 26.0 Å². The van der Waals surface area contributed by atoms with Gasteiger partial charge in [0.05, 0.1) is 13.2 Å². The van der Waals surface area contributed by atoms with Crippen LogP contribution in [-0.4, -0.2) is 18.8 Å². The summed E-state index contributed by atoms with van der Waals surface area (Å²) in [6.07, 6.45) is -0.572. The number of hydrogen-bond acceptors (Lipinski definition) is 3. The number of rotatable bonds is 4. The van der Waals surface area contributed by atoms with Crippen molar-refractivity contribution in [2.45, 2.75) is 20.0 Å². The summed E-state index contributed by atoms with van der Waals surface area (Å²) < 4.78 is 5.11. The van der Waals surface area contributed by atoms with Crippen molar-refractivity contribution in [1.29, 1.82) is 0 Å². The van der Waals surface area contributed by atoms with E-state index >= 15 is 0 Å². The molecular formula is C12H19NO2. The van der Waals surface area contributed by atoms with Gasteiger partial charge in [-0.3, -0.25) is 0 Å². The molecule has 0 saturated heterocycles. The van der Waals surface area contributed by atoms with E-state index in [0.29, 0.717) is 6.54 Å². The van der Waals surface area contributed by atoms with Gasteiger partial charge in [-0.15, -0.1) is 0 Å². The van der Waals surface area contributed by atoms with Crippen molar-refractivity contribution in [3.05, 3.63) is 29.8 Å². The van der Waals surface area contributed by atoms with E-state index in [2.05, 4.69) is 0 Å². The van der Waals surface area contributed by atoms with Crippen molar-refractivity contribution in [1.82, 2.24) is 0 Å². The van der Waals surface area contributed by atoms with Gasteiger partial charge < -0.3 is 15.6 Å². The van der Waals surface area contributed by atoms with Gasteiger partial charge in [0.15, 0.2) is 0 Å². The Hall–Kier alpha value is -1.06. The van der Waals surface area contributed by atoms with Crippen molar-refractivity contribution < 1.29 is 9.84 Å². The monoisotopic (exact) mass is 209 g/mol. The molecule has 0 bridgehead atoms. The van der Waals surface area contributed by atoms with E-state index in [0.717, 1.165) is 11.3 Å². The summed E-state index contributed by atoms with van der Waals surface area (Å²) in [5.74, 6) is 0.749. The Morgan fingerprint density at radius 3 is 2.67 bits per heavy atom. The number of benzene rings is 1. The average molecular weight is 209 g/mol. The zero-order valence-electron chi connectivity index (χ0n) is 9.53. The number of hydrogen-bond donors (Lipinski definition) is 2. The smallest absolute Gasteiger partial charge is 0.119 e. The van der Waals surface area contributed by atoms with E-state index in [-0.39, 0.29) is 5.41 Å². The molecule has 0 saturated carbocycles. The zero-order valence-corrected chi connectivity index (χ0v) is 9.53. The lowest BCUT2D eigenvalue weighted by Crippen LogP contribution is -2.30. The molecule has 1 unspecified atom stereocenters. The standard InChI is InChI=1S/C12H19NO2/c1-12(2,8-13)11(14)9-5-4-6-10(7-9)15-3/h4-7,11,14H,8,13H2,1-3H3. The molecule has 0 amide bonds. The fourth-order valence-electron chi connectivity index (χ4n) is 1.37. The van der Waals surface area contributed by atoms with Crippen LogP contribution in [0.25, 0.3) is 0 Å². The molecule has 3 heteroatoms. The van der Waals surface area contributed by atoms with E-state index in [1.807, 2.05) is 38.1 Å². The molecule has 0 aliphatic carbocycles. The van der Waals surface area contributed by atoms with Crippen LogP contribution in [0.2, 0.25) is 0 Å². The number of aliphatic hydroxyl groups is 1. The molecule has 1 aromatic rings. The summed E-state index contributed by atoms with van der Waals surface area (Å²) in [6, 6.07) is 7.43. The van der Waals surface area contributed by atoms with Crippen LogP contribution in [0.5, 0.6) is 5.75 Å². The van der Waals surface area contributed by atoms with Gasteiger partial charge in [0.25, 0.3) is 0 Å². The van der Waals surface area contributed by atoms with Crippen LogP contribution in [0.15, 0.2) is 24.3 Å². The largest absolute Gasteiger partial charge is 0.497 e. The highest BCUT2D eigenvalue weighted by molar-refractivity contribution is 5.30. The summed E-state index contributed by atoms with van der Waals surface area (Å²) in [5.41, 5.74) is 6.13. The minimum atomic E-state index is -0.572. The van der Waals surface area contributed by atoms with Crippen LogP contribution in [0.4, 0.5) is 0 Å². The second-order valence-electron chi connectivity index (χ2n) is 4.37. The van der Waals surface area contributed by atoms with Crippen LogP contribution in [-0.2, 0) is 0 Å². The van der Waals surface area contributed by atoms with Gasteiger partial charge in [-0.25, -0.2) is 0 Å². The molecule has 0 aliphatic heterocycles. The fraction of sp³-hybridized carbons (Fsp3) is 0.500. The van der Waals surface area contributed by atoms with Crippen molar-refractivity contribution in [3.8, 4) is 5.75 Å². The first-order valence-electron chi connectivity index (χ1n) is 5.03. The number of methoxy groups -OCH3 is 1. The van der Waals surface area contributed by atoms with Crippen molar-refractivity contribution >= 4 is 0 Å². The molecule has 0 spiro atoms. The van der Waals surface area contributed by atoms with Crippen LogP contribution in [0, 0.1) is 5.41 Å². The van der Waals surface area contributed by atoms with E-state index in [1.165, 1.54) is 0 Å². The first-order chi connectivity index (χ1) is 7.01. The quantitative estimate of drug-likeness (QED) is 0.793. The predicted octanol–water partition coefficient (Wildman–Crippen LogP) is 1.71. The van der Waals surface area contributed by atoms with Gasteiger partial charge in [0.1, 0.15) is 5.75 Å². The van der Waals surface area contributed by atoms with E-state index in [4.69, 9.17) is 10.5 Å². The summed E-state index contributed by atoms with van der Waals surface area (Å²) in [7, 11) is 1.61. The molecule has 0 heterocycles. The lowest BCUT2D eigenvalue weighted by molar-refractivity contribution is 0.0553. The minimum Gasteiger partial charge on any atom is -0.497 e. The highest BCUT2D eigenvalue weighted by Crippen LogP contribution is 2.33. The van der Waals surface area contributed by atoms with E-state index in [1.54, 1.807) is 7.11 Å². The summed E-state index contributed by atoms with van der Waals surface area (Å²) in [4.78, 5) is 0. The summed E-state index contributed by atoms with van der Waals surface area (Å²) in [6.45, 7) is 4.32. The molecule has 1 aromatic carbocycles. The Morgan fingerprint density at radius 1 is 1.47 bits per heavy atom. The van der Waals surface area contributed by atoms with Gasteiger partial charge in [-0.05, 0) is 17.7 Å². The SMILES string of the molecule is COc1cccc(C(O)C(C)(C)CN)c1. The Labute approximate surface area is 90.9 Å². The summed E-state index contributed by atoms with van der Waals surface area (Å²) >= 11 is 0. The molecular weight excluding hydrogens is 190 g/mol. The second kappa shape index (κ2) is 4.64. The predicted molar refractivity (Wildman–Crippen MR) is 60.8 cm³/mol. The Balaban J connectivity index is 2.95. The Kier molecular flexibility index (Phi) is 3.72. The Morgan fingerprint density at radius 2 is 2.13 bits per heavy atom. The number of ether oxygens (including phenoxy) is 1. The van der Waals surface area contributed by atoms with E-state index < -0.39 is 6.10 Å². The van der Waals surface area contributed by atoms with Crippen molar-refractivity contribution in [3.63, 3.8) is 0 Å². The van der Waals surface area contributed by atoms with Gasteiger partial charge >= 0.3 is 0 Å². The summed E-state index contributed by atoms with van der Waals surface area (Å²) in [5, 5.41) is 10.1. The van der Waals surface area contributed by atoms with E-state index in [9.17, 15) is 5.11 Å². The normalized spacial score (nSPS) is 13.7. The number of aliphatic hydroxyl groups excluding tert-OH is 1. The van der Waals surface area contributed by atoms with Gasteiger partial charge in [-0.2, -0.15) is 0 Å². The molecule has 15 heavy (non-hydrogen) atoms. The third-order valence-corrected chi connectivity index (χ3v) is 2.68. The third-order valence-electron chi connectivity index (χ3n) is 2.68. The third kappa shape index (κ3) is 2.70. The van der Waals surface area contributed by atoms with Crippen LogP contribution in [0.1, 0.15) is 25.5 Å². The molecule has 0 radical (unpaired) electrons. The van der Waals surface area contributed by atoms with Crippen molar-refractivity contribution in [2.24, 2.45) is 11.1 Å². The maximum absolute atomic E-state index is 10.1. The molecule has 1 atom stereocenters. The molecule has 0 aliphatic rings. The molecule has 3 N–H and O–H groups in total. The molecule has 84 valence electrons. The average Bonchev–Trinajstić information content (AvgIpc) is 2.28. The fourth-order valence-corrected chi connectivity index (χ4v) is 1.37. The first-order valence-corrected chi connectivity index (χ1v) is 5.03. The maximum atomic E-state index is 10.1. The molecule has 0 aromatic heterocycles. The van der Waals surface area contributed by atoms with Gasteiger partial charge in [0, 0.05) is 12.0 Å². The molecule has 1 rings (SSSR count). The number of nitrogens with two attached hydrogens (primary N) is 1. The van der Waals surface area contributed by atoms with Crippen molar-refractivity contribution in [2.75, 3.05) is 13.7 Å². The van der Waals surface area contributed by atoms with Crippen LogP contribution >= 0.6 is 0 Å². The van der Waals surface area contributed by atoms with Crippen LogP contribution in [0.3, 0.4) is 0 Å². The highest BCUT2D eigenvalue weighted by Gasteiger charge is 2.27. The lowest BCUT2D eigenvalue weighted by Gasteiger charge is -2.29.